The van der Waals surface area contributed by atoms with E-state index in [9.17, 15) is 9.59 Å². The molecular weight excluding hydrogens is 460 g/mol. The fourth-order valence-corrected chi connectivity index (χ4v) is 4.06. The Balaban J connectivity index is 1.88. The Morgan fingerprint density at radius 1 is 0.865 bits per heavy atom. The molecule has 3 rings (SSSR count). The monoisotopic (exact) mass is 500 g/mol. The van der Waals surface area contributed by atoms with E-state index in [1.165, 1.54) is 5.56 Å². The molecule has 1 N–H and O–H groups in total. The summed E-state index contributed by atoms with van der Waals surface area (Å²) in [5, 5.41) is 3.10. The standard InChI is InChI=1S/C32H40N2O3/c1-6-25(5)33-32(36)30(20-26-10-8-7-9-11-26)34(21-27-14-12-24(4)13-15-27)31(35)22-37-29-18-16-28(17-19-29)23(2)3/h7-19,23,25,30H,6,20-22H2,1-5H3,(H,33,36)/t25-,30-/m1/s1. The van der Waals surface area contributed by atoms with Gasteiger partial charge in [0, 0.05) is 19.0 Å². The SMILES string of the molecule is CC[C@@H](C)NC(=O)[C@@H](Cc1ccccc1)N(Cc1ccc(C)cc1)C(=O)COc1ccc(C(C)C)cc1. The lowest BCUT2D eigenvalue weighted by Gasteiger charge is -2.32. The quantitative estimate of drug-likeness (QED) is 0.329. The summed E-state index contributed by atoms with van der Waals surface area (Å²) in [6.45, 7) is 10.5. The van der Waals surface area contributed by atoms with Gasteiger partial charge in [0.25, 0.3) is 5.91 Å². The van der Waals surface area contributed by atoms with Crippen LogP contribution in [0.3, 0.4) is 0 Å². The zero-order chi connectivity index (χ0) is 26.8. The number of carbonyl (C=O) groups is 2. The van der Waals surface area contributed by atoms with E-state index in [2.05, 4.69) is 19.2 Å². The third-order valence-corrected chi connectivity index (χ3v) is 6.65. The van der Waals surface area contributed by atoms with Crippen LogP contribution < -0.4 is 10.1 Å². The second-order valence-electron chi connectivity index (χ2n) is 10.0. The molecule has 2 atom stereocenters. The Bertz CT molecular complexity index is 1120. The summed E-state index contributed by atoms with van der Waals surface area (Å²) >= 11 is 0. The number of aryl methyl sites for hydroxylation is 1. The number of nitrogens with zero attached hydrogens (tertiary/aromatic N) is 1. The minimum absolute atomic E-state index is 0.0119. The normalized spacial score (nSPS) is 12.6. The Labute approximate surface area is 221 Å². The summed E-state index contributed by atoms with van der Waals surface area (Å²) in [5.41, 5.74) is 4.32. The van der Waals surface area contributed by atoms with Crippen molar-refractivity contribution in [3.8, 4) is 5.75 Å². The van der Waals surface area contributed by atoms with E-state index < -0.39 is 6.04 Å². The highest BCUT2D eigenvalue weighted by molar-refractivity contribution is 5.88. The van der Waals surface area contributed by atoms with E-state index in [1.807, 2.05) is 99.6 Å². The maximum absolute atomic E-state index is 13.7. The van der Waals surface area contributed by atoms with Gasteiger partial charge in [-0.05, 0) is 55.0 Å². The second-order valence-corrected chi connectivity index (χ2v) is 10.0. The maximum atomic E-state index is 13.7. The Kier molecular flexibility index (Phi) is 10.3. The number of amides is 2. The van der Waals surface area contributed by atoms with Crippen LogP contribution in [-0.2, 0) is 22.6 Å². The Morgan fingerprint density at radius 2 is 1.51 bits per heavy atom. The van der Waals surface area contributed by atoms with Crippen molar-refractivity contribution in [2.24, 2.45) is 0 Å². The molecule has 0 spiro atoms. The number of carbonyl (C=O) groups excluding carboxylic acids is 2. The van der Waals surface area contributed by atoms with E-state index in [0.29, 0.717) is 24.6 Å². The summed E-state index contributed by atoms with van der Waals surface area (Å²) in [6.07, 6.45) is 1.23. The van der Waals surface area contributed by atoms with Gasteiger partial charge in [-0.3, -0.25) is 9.59 Å². The molecule has 0 heterocycles. The summed E-state index contributed by atoms with van der Waals surface area (Å²) in [7, 11) is 0. The van der Waals surface area contributed by atoms with Crippen molar-refractivity contribution in [1.82, 2.24) is 10.2 Å². The minimum atomic E-state index is -0.669. The van der Waals surface area contributed by atoms with Gasteiger partial charge in [0.15, 0.2) is 6.61 Å². The fourth-order valence-electron chi connectivity index (χ4n) is 4.06. The Morgan fingerprint density at radius 3 is 2.11 bits per heavy atom. The van der Waals surface area contributed by atoms with Gasteiger partial charge in [-0.15, -0.1) is 0 Å². The molecule has 0 aliphatic heterocycles. The molecule has 0 saturated heterocycles. The number of hydrogen-bond donors (Lipinski definition) is 1. The summed E-state index contributed by atoms with van der Waals surface area (Å²) in [5.74, 6) is 0.675. The molecule has 37 heavy (non-hydrogen) atoms. The third-order valence-electron chi connectivity index (χ3n) is 6.65. The van der Waals surface area contributed by atoms with Crippen molar-refractivity contribution in [3.05, 3.63) is 101 Å². The number of ether oxygens (including phenoxy) is 1. The molecule has 0 aliphatic rings. The van der Waals surface area contributed by atoms with Crippen LogP contribution in [0.5, 0.6) is 5.75 Å². The lowest BCUT2D eigenvalue weighted by Crippen LogP contribution is -2.53. The summed E-state index contributed by atoms with van der Waals surface area (Å²) in [4.78, 5) is 28.9. The minimum Gasteiger partial charge on any atom is -0.484 e. The van der Waals surface area contributed by atoms with Gasteiger partial charge < -0.3 is 15.0 Å². The molecule has 196 valence electrons. The van der Waals surface area contributed by atoms with Gasteiger partial charge in [0.2, 0.25) is 5.91 Å². The third kappa shape index (κ3) is 8.49. The molecule has 0 radical (unpaired) electrons. The molecule has 5 nitrogen and oxygen atoms in total. The molecular formula is C32H40N2O3. The van der Waals surface area contributed by atoms with Gasteiger partial charge in [-0.25, -0.2) is 0 Å². The lowest BCUT2D eigenvalue weighted by atomic mass is 10.0. The average Bonchev–Trinajstić information content (AvgIpc) is 2.91. The first-order chi connectivity index (χ1) is 17.8. The fraction of sp³-hybridized carbons (Fsp3) is 0.375. The molecule has 3 aromatic carbocycles. The first-order valence-corrected chi connectivity index (χ1v) is 13.2. The zero-order valence-corrected chi connectivity index (χ0v) is 22.7. The predicted molar refractivity (Wildman–Crippen MR) is 150 cm³/mol. The van der Waals surface area contributed by atoms with E-state index in [-0.39, 0.29) is 24.5 Å². The largest absolute Gasteiger partial charge is 0.484 e. The molecule has 0 unspecified atom stereocenters. The van der Waals surface area contributed by atoms with Gasteiger partial charge in [0.1, 0.15) is 11.8 Å². The van der Waals surface area contributed by atoms with Crippen LogP contribution in [-0.4, -0.2) is 35.4 Å². The van der Waals surface area contributed by atoms with Crippen molar-refractivity contribution >= 4 is 11.8 Å². The van der Waals surface area contributed by atoms with Gasteiger partial charge >= 0.3 is 0 Å². The van der Waals surface area contributed by atoms with Crippen molar-refractivity contribution in [2.45, 2.75) is 72.0 Å². The molecule has 0 aromatic heterocycles. The molecule has 0 aliphatic carbocycles. The first-order valence-electron chi connectivity index (χ1n) is 13.2. The number of hydrogen-bond acceptors (Lipinski definition) is 3. The van der Waals surface area contributed by atoms with Crippen LogP contribution in [0.1, 0.15) is 62.3 Å². The van der Waals surface area contributed by atoms with E-state index in [0.717, 1.165) is 23.1 Å². The Hall–Kier alpha value is -3.60. The van der Waals surface area contributed by atoms with Gasteiger partial charge in [-0.1, -0.05) is 93.1 Å². The molecule has 0 fully saturated rings. The van der Waals surface area contributed by atoms with Crippen LogP contribution in [0.2, 0.25) is 0 Å². The van der Waals surface area contributed by atoms with Crippen molar-refractivity contribution in [1.29, 1.82) is 0 Å². The average molecular weight is 501 g/mol. The van der Waals surface area contributed by atoms with Crippen molar-refractivity contribution < 1.29 is 14.3 Å². The van der Waals surface area contributed by atoms with Crippen LogP contribution in [0, 0.1) is 6.92 Å². The molecule has 0 bridgehead atoms. The van der Waals surface area contributed by atoms with Gasteiger partial charge in [0.05, 0.1) is 0 Å². The highest BCUT2D eigenvalue weighted by atomic mass is 16.5. The van der Waals surface area contributed by atoms with Gasteiger partial charge in [-0.2, -0.15) is 0 Å². The molecule has 2 amide bonds. The molecule has 0 saturated carbocycles. The van der Waals surface area contributed by atoms with Crippen molar-refractivity contribution in [2.75, 3.05) is 6.61 Å². The van der Waals surface area contributed by atoms with E-state index >= 15 is 0 Å². The second kappa shape index (κ2) is 13.6. The highest BCUT2D eigenvalue weighted by Gasteiger charge is 2.31. The zero-order valence-electron chi connectivity index (χ0n) is 22.7. The number of benzene rings is 3. The highest BCUT2D eigenvalue weighted by Crippen LogP contribution is 2.20. The van der Waals surface area contributed by atoms with Crippen LogP contribution in [0.25, 0.3) is 0 Å². The van der Waals surface area contributed by atoms with Crippen molar-refractivity contribution in [3.63, 3.8) is 0 Å². The number of nitrogens with one attached hydrogen (secondary N) is 1. The van der Waals surface area contributed by atoms with Crippen LogP contribution in [0.4, 0.5) is 0 Å². The van der Waals surface area contributed by atoms with E-state index in [4.69, 9.17) is 4.74 Å². The predicted octanol–water partition coefficient (Wildman–Crippen LogP) is 6.05. The number of rotatable bonds is 12. The smallest absolute Gasteiger partial charge is 0.261 e. The molecule has 3 aromatic rings. The van der Waals surface area contributed by atoms with Crippen LogP contribution >= 0.6 is 0 Å². The van der Waals surface area contributed by atoms with E-state index in [1.54, 1.807) is 4.90 Å². The maximum Gasteiger partial charge on any atom is 0.261 e. The molecule has 5 heteroatoms. The summed E-state index contributed by atoms with van der Waals surface area (Å²) < 4.78 is 5.90. The van der Waals surface area contributed by atoms with Crippen LogP contribution in [0.15, 0.2) is 78.9 Å². The lowest BCUT2D eigenvalue weighted by molar-refractivity contribution is -0.143. The summed E-state index contributed by atoms with van der Waals surface area (Å²) in [6, 6.07) is 25.1. The topological polar surface area (TPSA) is 58.6 Å². The first kappa shape index (κ1) is 28.0.